The van der Waals surface area contributed by atoms with Gasteiger partial charge < -0.3 is 14.5 Å². The highest BCUT2D eigenvalue weighted by Crippen LogP contribution is 2.41. The van der Waals surface area contributed by atoms with E-state index in [9.17, 15) is 18.0 Å². The molecule has 0 N–H and O–H groups in total. The van der Waals surface area contributed by atoms with Crippen molar-refractivity contribution in [2.75, 3.05) is 36.1 Å². The first kappa shape index (κ1) is 20.9. The largest absolute Gasteiger partial charge is 0.409 e. The van der Waals surface area contributed by atoms with Gasteiger partial charge in [-0.2, -0.15) is 22.5 Å². The fourth-order valence-electron chi connectivity index (χ4n) is 3.79. The van der Waals surface area contributed by atoms with Gasteiger partial charge in [-0.05, 0) is 25.5 Å². The Morgan fingerprint density at radius 1 is 1.30 bits per heavy atom. The van der Waals surface area contributed by atoms with Crippen molar-refractivity contribution in [3.63, 3.8) is 0 Å². The number of aromatic nitrogens is 3. The summed E-state index contributed by atoms with van der Waals surface area (Å²) in [6.45, 7) is 2.52. The van der Waals surface area contributed by atoms with E-state index in [4.69, 9.17) is 16.3 Å². The maximum absolute atomic E-state index is 15.0. The van der Waals surface area contributed by atoms with E-state index in [0.717, 1.165) is 0 Å². The van der Waals surface area contributed by atoms with Crippen molar-refractivity contribution in [2.45, 2.75) is 31.6 Å². The summed E-state index contributed by atoms with van der Waals surface area (Å²) < 4.78 is 61.7. The molecule has 162 valence electrons. The number of hydrogen-bond donors (Lipinski definition) is 0. The lowest BCUT2D eigenvalue weighted by atomic mass is 10.1. The lowest BCUT2D eigenvalue weighted by molar-refractivity contribution is -0.170. The van der Waals surface area contributed by atoms with Gasteiger partial charge >= 0.3 is 6.18 Å². The van der Waals surface area contributed by atoms with Crippen LogP contribution in [0.2, 0.25) is 5.15 Å². The summed E-state index contributed by atoms with van der Waals surface area (Å²) in [6, 6.07) is 0.518. The highest BCUT2D eigenvalue weighted by Gasteiger charge is 2.47. The van der Waals surface area contributed by atoms with E-state index >= 15 is 4.39 Å². The standard InChI is InChI=1S/C18H18ClF4N5O2/c1-10-9-30-7-6-26(10)15-14(20)16(29)28-12(18(21,22)23)3-5-27(17(28)25-15)11-2-4-24-13(19)8-11/h2,4,8,10,12H,3,5-7,9H2,1H3. The van der Waals surface area contributed by atoms with Crippen LogP contribution in [-0.2, 0) is 4.74 Å². The van der Waals surface area contributed by atoms with Crippen LogP contribution >= 0.6 is 11.6 Å². The molecule has 0 radical (unpaired) electrons. The SMILES string of the molecule is CC1COCCN1c1nc2n(c(=O)c1F)C(C(F)(F)F)CCN2c1ccnc(Cl)c1. The fraction of sp³-hybridized carbons (Fsp3) is 0.500. The van der Waals surface area contributed by atoms with Gasteiger partial charge in [0.25, 0.3) is 5.56 Å². The number of ether oxygens (including phenoxy) is 1. The molecule has 0 aliphatic carbocycles. The number of halogens is 5. The third-order valence-corrected chi connectivity index (χ3v) is 5.45. The predicted molar refractivity (Wildman–Crippen MR) is 102 cm³/mol. The average molecular weight is 448 g/mol. The van der Waals surface area contributed by atoms with E-state index in [2.05, 4.69) is 9.97 Å². The fourth-order valence-corrected chi connectivity index (χ4v) is 3.96. The molecule has 12 heteroatoms. The molecule has 7 nitrogen and oxygen atoms in total. The van der Waals surface area contributed by atoms with Crippen LogP contribution in [0.3, 0.4) is 0 Å². The smallest absolute Gasteiger partial charge is 0.377 e. The average Bonchev–Trinajstić information content (AvgIpc) is 2.69. The highest BCUT2D eigenvalue weighted by atomic mass is 35.5. The molecule has 1 saturated heterocycles. The Balaban J connectivity index is 1.92. The number of anilines is 3. The van der Waals surface area contributed by atoms with Gasteiger partial charge in [0.15, 0.2) is 5.82 Å². The van der Waals surface area contributed by atoms with Crippen molar-refractivity contribution in [3.8, 4) is 0 Å². The maximum atomic E-state index is 15.0. The Bertz CT molecular complexity index is 1020. The summed E-state index contributed by atoms with van der Waals surface area (Å²) in [5.41, 5.74) is -0.954. The molecule has 2 atom stereocenters. The molecular weight excluding hydrogens is 430 g/mol. The van der Waals surface area contributed by atoms with Crippen LogP contribution in [0.25, 0.3) is 0 Å². The predicted octanol–water partition coefficient (Wildman–Crippen LogP) is 3.30. The molecule has 1 fully saturated rings. The summed E-state index contributed by atoms with van der Waals surface area (Å²) in [6.07, 6.45) is -3.78. The van der Waals surface area contributed by atoms with Crippen LogP contribution in [0, 0.1) is 5.82 Å². The van der Waals surface area contributed by atoms with E-state index in [1.54, 1.807) is 6.92 Å². The molecule has 0 bridgehead atoms. The number of rotatable bonds is 2. The van der Waals surface area contributed by atoms with Crippen LogP contribution < -0.4 is 15.4 Å². The minimum Gasteiger partial charge on any atom is -0.377 e. The maximum Gasteiger partial charge on any atom is 0.409 e. The zero-order valence-corrected chi connectivity index (χ0v) is 16.6. The minimum absolute atomic E-state index is 0.0826. The molecule has 4 rings (SSSR count). The van der Waals surface area contributed by atoms with Crippen molar-refractivity contribution >= 4 is 29.1 Å². The molecule has 0 spiro atoms. The second kappa shape index (κ2) is 7.69. The monoisotopic (exact) mass is 447 g/mol. The number of hydrogen-bond acceptors (Lipinski definition) is 6. The van der Waals surface area contributed by atoms with Crippen molar-refractivity contribution in [3.05, 3.63) is 39.7 Å². The molecule has 4 heterocycles. The first-order valence-corrected chi connectivity index (χ1v) is 9.68. The number of alkyl halides is 3. The Morgan fingerprint density at radius 2 is 2.07 bits per heavy atom. The minimum atomic E-state index is -4.73. The summed E-state index contributed by atoms with van der Waals surface area (Å²) in [4.78, 5) is 23.9. The lowest BCUT2D eigenvalue weighted by Crippen LogP contribution is -2.49. The quantitative estimate of drug-likeness (QED) is 0.520. The first-order valence-electron chi connectivity index (χ1n) is 9.30. The Kier molecular flexibility index (Phi) is 5.35. The zero-order valence-electron chi connectivity index (χ0n) is 15.9. The van der Waals surface area contributed by atoms with Crippen LogP contribution in [0.1, 0.15) is 19.4 Å². The van der Waals surface area contributed by atoms with Crippen LogP contribution in [0.5, 0.6) is 0 Å². The van der Waals surface area contributed by atoms with Gasteiger partial charge in [-0.15, -0.1) is 0 Å². The summed E-state index contributed by atoms with van der Waals surface area (Å²) >= 11 is 5.93. The summed E-state index contributed by atoms with van der Waals surface area (Å²) in [5, 5.41) is 0.128. The number of pyridine rings is 1. The second-order valence-electron chi connectivity index (χ2n) is 7.18. The molecule has 2 aromatic rings. The van der Waals surface area contributed by atoms with Crippen LogP contribution in [0.15, 0.2) is 23.1 Å². The molecule has 0 amide bonds. The topological polar surface area (TPSA) is 63.5 Å². The highest BCUT2D eigenvalue weighted by molar-refractivity contribution is 6.29. The molecular formula is C18H18ClF4N5O2. The van der Waals surface area contributed by atoms with Gasteiger partial charge in [-0.1, -0.05) is 11.6 Å². The van der Waals surface area contributed by atoms with E-state index in [0.29, 0.717) is 16.9 Å². The first-order chi connectivity index (χ1) is 14.2. The normalized spacial score (nSPS) is 22.2. The Labute approximate surface area is 173 Å². The van der Waals surface area contributed by atoms with Crippen molar-refractivity contribution in [1.82, 2.24) is 14.5 Å². The zero-order chi connectivity index (χ0) is 21.6. The number of morpholine rings is 1. The Hall–Kier alpha value is -2.40. The molecule has 2 aliphatic rings. The molecule has 2 aromatic heterocycles. The van der Waals surface area contributed by atoms with Gasteiger partial charge in [0, 0.05) is 25.0 Å². The summed E-state index contributed by atoms with van der Waals surface area (Å²) in [7, 11) is 0. The van der Waals surface area contributed by atoms with Gasteiger partial charge in [0.05, 0.1) is 19.3 Å². The van der Waals surface area contributed by atoms with Crippen molar-refractivity contribution in [1.29, 1.82) is 0 Å². The van der Waals surface area contributed by atoms with Crippen LogP contribution in [0.4, 0.5) is 35.0 Å². The van der Waals surface area contributed by atoms with Gasteiger partial charge in [0.2, 0.25) is 11.8 Å². The molecule has 2 unspecified atom stereocenters. The van der Waals surface area contributed by atoms with Gasteiger partial charge in [-0.3, -0.25) is 9.36 Å². The molecule has 2 aliphatic heterocycles. The van der Waals surface area contributed by atoms with E-state index in [-0.39, 0.29) is 42.7 Å². The van der Waals surface area contributed by atoms with E-state index in [1.807, 2.05) is 0 Å². The van der Waals surface area contributed by atoms with Gasteiger partial charge in [0.1, 0.15) is 11.2 Å². The molecule has 30 heavy (non-hydrogen) atoms. The molecule has 0 aromatic carbocycles. The second-order valence-corrected chi connectivity index (χ2v) is 7.56. The Morgan fingerprint density at radius 3 is 2.73 bits per heavy atom. The van der Waals surface area contributed by atoms with Gasteiger partial charge in [-0.25, -0.2) is 4.98 Å². The number of fused-ring (bicyclic) bond motifs is 1. The third-order valence-electron chi connectivity index (χ3n) is 5.24. The van der Waals surface area contributed by atoms with Crippen LogP contribution in [-0.4, -0.2) is 53.1 Å². The summed E-state index contributed by atoms with van der Waals surface area (Å²) in [5.74, 6) is -1.88. The molecule has 0 saturated carbocycles. The van der Waals surface area contributed by atoms with E-state index < -0.39 is 30.0 Å². The van der Waals surface area contributed by atoms with Crippen molar-refractivity contribution < 1.29 is 22.3 Å². The van der Waals surface area contributed by atoms with E-state index in [1.165, 1.54) is 28.1 Å². The number of nitrogens with zero attached hydrogens (tertiary/aromatic N) is 5. The third kappa shape index (κ3) is 3.60. The van der Waals surface area contributed by atoms with Crippen molar-refractivity contribution in [2.24, 2.45) is 0 Å². The lowest BCUT2D eigenvalue weighted by Gasteiger charge is -2.39.